The first-order chi connectivity index (χ1) is 4.92. The standard InChI is InChI=1S/C8H12N2/c9-4-8-7-3-1-2-6(7)5-10-8/h6-8,10H,1-3,5H2/t6-,7+,8+/m0/s1. The Hall–Kier alpha value is -0.550. The van der Waals surface area contributed by atoms with Crippen LogP contribution >= 0.6 is 0 Å². The van der Waals surface area contributed by atoms with E-state index in [2.05, 4.69) is 11.4 Å². The molecule has 3 atom stereocenters. The van der Waals surface area contributed by atoms with Gasteiger partial charge in [0.05, 0.1) is 12.1 Å². The summed E-state index contributed by atoms with van der Waals surface area (Å²) in [5.74, 6) is 1.51. The van der Waals surface area contributed by atoms with Crippen molar-refractivity contribution < 1.29 is 0 Å². The van der Waals surface area contributed by atoms with Crippen LogP contribution in [0.3, 0.4) is 0 Å². The molecule has 1 aliphatic heterocycles. The third kappa shape index (κ3) is 0.741. The minimum Gasteiger partial charge on any atom is -0.301 e. The molecular formula is C8H12N2. The smallest absolute Gasteiger partial charge is 0.0984 e. The average molecular weight is 136 g/mol. The van der Waals surface area contributed by atoms with Gasteiger partial charge in [0, 0.05) is 0 Å². The van der Waals surface area contributed by atoms with Crippen molar-refractivity contribution in [2.45, 2.75) is 25.3 Å². The van der Waals surface area contributed by atoms with Gasteiger partial charge in [0.1, 0.15) is 0 Å². The van der Waals surface area contributed by atoms with Gasteiger partial charge in [0.25, 0.3) is 0 Å². The largest absolute Gasteiger partial charge is 0.301 e. The molecule has 0 unspecified atom stereocenters. The van der Waals surface area contributed by atoms with E-state index in [4.69, 9.17) is 5.26 Å². The average Bonchev–Trinajstić information content (AvgIpc) is 2.44. The first-order valence-electron chi connectivity index (χ1n) is 4.05. The quantitative estimate of drug-likeness (QED) is 0.537. The third-order valence-electron chi connectivity index (χ3n) is 2.89. The van der Waals surface area contributed by atoms with Crippen molar-refractivity contribution in [3.8, 4) is 6.07 Å². The number of fused-ring (bicyclic) bond motifs is 1. The van der Waals surface area contributed by atoms with Crippen LogP contribution in [-0.2, 0) is 0 Å². The van der Waals surface area contributed by atoms with Crippen molar-refractivity contribution in [3.63, 3.8) is 0 Å². The highest BCUT2D eigenvalue weighted by molar-refractivity contribution is 5.04. The highest BCUT2D eigenvalue weighted by atomic mass is 15.0. The summed E-state index contributed by atoms with van der Waals surface area (Å²) in [6.07, 6.45) is 3.96. The Bertz CT molecular complexity index is 171. The topological polar surface area (TPSA) is 35.8 Å². The Morgan fingerprint density at radius 1 is 1.40 bits per heavy atom. The molecule has 0 aromatic rings. The predicted octanol–water partition coefficient (Wildman–Crippen LogP) is 0.898. The van der Waals surface area contributed by atoms with Crippen LogP contribution in [0.25, 0.3) is 0 Å². The van der Waals surface area contributed by atoms with Crippen molar-refractivity contribution in [1.82, 2.24) is 5.32 Å². The maximum atomic E-state index is 8.70. The molecule has 2 heteroatoms. The summed E-state index contributed by atoms with van der Waals surface area (Å²) in [5, 5.41) is 11.9. The van der Waals surface area contributed by atoms with Gasteiger partial charge in [-0.15, -0.1) is 0 Å². The molecule has 0 spiro atoms. The summed E-state index contributed by atoms with van der Waals surface area (Å²) in [6.45, 7) is 1.09. The summed E-state index contributed by atoms with van der Waals surface area (Å²) in [4.78, 5) is 0. The van der Waals surface area contributed by atoms with E-state index in [1.54, 1.807) is 0 Å². The van der Waals surface area contributed by atoms with Gasteiger partial charge in [-0.3, -0.25) is 0 Å². The molecule has 0 aromatic carbocycles. The molecule has 0 bridgehead atoms. The maximum absolute atomic E-state index is 8.70. The normalized spacial score (nSPS) is 44.9. The molecule has 0 aromatic heterocycles. The van der Waals surface area contributed by atoms with Gasteiger partial charge in [-0.1, -0.05) is 6.42 Å². The van der Waals surface area contributed by atoms with E-state index < -0.39 is 0 Å². The van der Waals surface area contributed by atoms with Crippen LogP contribution in [0.15, 0.2) is 0 Å². The number of nitrogens with one attached hydrogen (secondary N) is 1. The van der Waals surface area contributed by atoms with Crippen LogP contribution in [0.4, 0.5) is 0 Å². The number of hydrogen-bond acceptors (Lipinski definition) is 2. The summed E-state index contributed by atoms with van der Waals surface area (Å²) in [7, 11) is 0. The molecule has 1 heterocycles. The second-order valence-corrected chi connectivity index (χ2v) is 3.37. The van der Waals surface area contributed by atoms with Gasteiger partial charge >= 0.3 is 0 Å². The highest BCUT2D eigenvalue weighted by Crippen LogP contribution is 2.37. The number of nitriles is 1. The lowest BCUT2D eigenvalue weighted by molar-refractivity contribution is 0.460. The number of rotatable bonds is 0. The molecule has 54 valence electrons. The second kappa shape index (κ2) is 2.25. The zero-order chi connectivity index (χ0) is 6.97. The van der Waals surface area contributed by atoms with Gasteiger partial charge in [0.2, 0.25) is 0 Å². The molecular weight excluding hydrogens is 124 g/mol. The van der Waals surface area contributed by atoms with E-state index in [9.17, 15) is 0 Å². The zero-order valence-electron chi connectivity index (χ0n) is 6.01. The van der Waals surface area contributed by atoms with E-state index in [0.29, 0.717) is 5.92 Å². The highest BCUT2D eigenvalue weighted by Gasteiger charge is 2.38. The fourth-order valence-corrected chi connectivity index (χ4v) is 2.33. The van der Waals surface area contributed by atoms with Crippen LogP contribution in [0, 0.1) is 23.2 Å². The minimum atomic E-state index is 0.174. The Labute approximate surface area is 61.2 Å². The molecule has 10 heavy (non-hydrogen) atoms. The molecule has 1 saturated carbocycles. The van der Waals surface area contributed by atoms with E-state index in [1.165, 1.54) is 19.3 Å². The van der Waals surface area contributed by atoms with Crippen molar-refractivity contribution in [2.24, 2.45) is 11.8 Å². The first-order valence-corrected chi connectivity index (χ1v) is 4.05. The van der Waals surface area contributed by atoms with Crippen molar-refractivity contribution in [3.05, 3.63) is 0 Å². The van der Waals surface area contributed by atoms with Crippen LogP contribution in [0.5, 0.6) is 0 Å². The fourth-order valence-electron chi connectivity index (χ4n) is 2.33. The Kier molecular flexibility index (Phi) is 1.39. The molecule has 2 nitrogen and oxygen atoms in total. The van der Waals surface area contributed by atoms with Gasteiger partial charge in [-0.2, -0.15) is 5.26 Å². The predicted molar refractivity (Wildman–Crippen MR) is 38.2 cm³/mol. The summed E-state index contributed by atoms with van der Waals surface area (Å²) in [5.41, 5.74) is 0. The molecule has 1 aliphatic carbocycles. The SMILES string of the molecule is N#C[C@H]1NC[C@@H]2CCC[C@H]21. The molecule has 0 amide bonds. The molecule has 2 fully saturated rings. The van der Waals surface area contributed by atoms with Gasteiger partial charge < -0.3 is 5.32 Å². The van der Waals surface area contributed by atoms with Crippen LogP contribution in [0.1, 0.15) is 19.3 Å². The van der Waals surface area contributed by atoms with Gasteiger partial charge in [-0.05, 0) is 31.2 Å². The molecule has 1 saturated heterocycles. The number of nitrogens with zero attached hydrogens (tertiary/aromatic N) is 1. The van der Waals surface area contributed by atoms with Crippen LogP contribution in [-0.4, -0.2) is 12.6 Å². The minimum absolute atomic E-state index is 0.174. The van der Waals surface area contributed by atoms with E-state index in [-0.39, 0.29) is 6.04 Å². The summed E-state index contributed by atoms with van der Waals surface area (Å²) < 4.78 is 0. The van der Waals surface area contributed by atoms with Crippen LogP contribution in [0.2, 0.25) is 0 Å². The molecule has 0 radical (unpaired) electrons. The van der Waals surface area contributed by atoms with E-state index in [0.717, 1.165) is 12.5 Å². The lowest BCUT2D eigenvalue weighted by Crippen LogP contribution is -2.24. The second-order valence-electron chi connectivity index (χ2n) is 3.37. The third-order valence-corrected chi connectivity index (χ3v) is 2.89. The van der Waals surface area contributed by atoms with Crippen LogP contribution < -0.4 is 5.32 Å². The Morgan fingerprint density at radius 3 is 3.10 bits per heavy atom. The molecule has 2 aliphatic rings. The fraction of sp³-hybridized carbons (Fsp3) is 0.875. The summed E-state index contributed by atoms with van der Waals surface area (Å²) in [6, 6.07) is 2.50. The Balaban J connectivity index is 2.10. The van der Waals surface area contributed by atoms with E-state index in [1.807, 2.05) is 0 Å². The van der Waals surface area contributed by atoms with Crippen molar-refractivity contribution >= 4 is 0 Å². The van der Waals surface area contributed by atoms with Gasteiger partial charge in [-0.25, -0.2) is 0 Å². The maximum Gasteiger partial charge on any atom is 0.0984 e. The molecule has 1 N–H and O–H groups in total. The zero-order valence-corrected chi connectivity index (χ0v) is 6.01. The monoisotopic (exact) mass is 136 g/mol. The lowest BCUT2D eigenvalue weighted by Gasteiger charge is -2.08. The number of hydrogen-bond donors (Lipinski definition) is 1. The van der Waals surface area contributed by atoms with Crippen molar-refractivity contribution in [1.29, 1.82) is 5.26 Å². The van der Waals surface area contributed by atoms with Gasteiger partial charge in [0.15, 0.2) is 0 Å². The first kappa shape index (κ1) is 6.18. The molecule has 2 rings (SSSR count). The van der Waals surface area contributed by atoms with E-state index >= 15 is 0 Å². The lowest BCUT2D eigenvalue weighted by atomic mass is 9.95. The van der Waals surface area contributed by atoms with Crippen molar-refractivity contribution in [2.75, 3.05) is 6.54 Å². The summed E-state index contributed by atoms with van der Waals surface area (Å²) >= 11 is 0. The Morgan fingerprint density at radius 2 is 2.30 bits per heavy atom.